The van der Waals surface area contributed by atoms with Gasteiger partial charge in [-0.15, -0.1) is 6.42 Å². The molecule has 3 heteroatoms. The summed E-state index contributed by atoms with van der Waals surface area (Å²) in [5.74, 6) is 2.94. The second-order valence-corrected chi connectivity index (χ2v) is 2.27. The molecule has 0 bridgehead atoms. The smallest absolute Gasteiger partial charge is 0.148 e. The molecule has 0 aliphatic heterocycles. The number of halogens is 1. The number of rotatable bonds is 2. The van der Waals surface area contributed by atoms with E-state index in [4.69, 9.17) is 22.8 Å². The molecule has 0 fully saturated rings. The zero-order valence-corrected chi connectivity index (χ0v) is 6.51. The highest BCUT2D eigenvalue weighted by Crippen LogP contribution is 2.14. The summed E-state index contributed by atoms with van der Waals surface area (Å²) in [4.78, 5) is 3.81. The van der Waals surface area contributed by atoms with E-state index in [-0.39, 0.29) is 6.61 Å². The van der Waals surface area contributed by atoms with Gasteiger partial charge in [-0.25, -0.2) is 0 Å². The van der Waals surface area contributed by atoms with Crippen LogP contribution in [0.3, 0.4) is 0 Å². The van der Waals surface area contributed by atoms with Crippen LogP contribution < -0.4 is 4.74 Å². The standard InChI is InChI=1S/C8H6ClNO/c1-2-3-11-8-4-7(9)5-10-6-8/h1,4-6H,3H2. The molecule has 0 N–H and O–H groups in total. The molecular formula is C8H6ClNO. The third-order valence-electron chi connectivity index (χ3n) is 1.00. The molecule has 0 saturated carbocycles. The van der Waals surface area contributed by atoms with Crippen molar-refractivity contribution in [3.8, 4) is 18.1 Å². The van der Waals surface area contributed by atoms with E-state index in [9.17, 15) is 0 Å². The molecule has 0 aliphatic rings. The fraction of sp³-hybridized carbons (Fsp3) is 0.125. The Morgan fingerprint density at radius 2 is 2.45 bits per heavy atom. The van der Waals surface area contributed by atoms with Crippen molar-refractivity contribution >= 4 is 11.6 Å². The number of nitrogens with zero attached hydrogens (tertiary/aromatic N) is 1. The third-order valence-corrected chi connectivity index (χ3v) is 1.21. The summed E-state index contributed by atoms with van der Waals surface area (Å²) >= 11 is 5.63. The average molecular weight is 168 g/mol. The van der Waals surface area contributed by atoms with Crippen LogP contribution in [0.15, 0.2) is 18.5 Å². The zero-order chi connectivity index (χ0) is 8.10. The zero-order valence-electron chi connectivity index (χ0n) is 5.75. The van der Waals surface area contributed by atoms with Gasteiger partial charge >= 0.3 is 0 Å². The lowest BCUT2D eigenvalue weighted by molar-refractivity contribution is 0.369. The number of aromatic nitrogens is 1. The van der Waals surface area contributed by atoms with E-state index < -0.39 is 0 Å². The van der Waals surface area contributed by atoms with Gasteiger partial charge in [-0.3, -0.25) is 4.98 Å². The molecule has 0 atom stereocenters. The van der Waals surface area contributed by atoms with Crippen molar-refractivity contribution in [2.75, 3.05) is 6.61 Å². The van der Waals surface area contributed by atoms with E-state index in [1.54, 1.807) is 12.3 Å². The van der Waals surface area contributed by atoms with Crippen LogP contribution in [0.25, 0.3) is 0 Å². The van der Waals surface area contributed by atoms with E-state index in [2.05, 4.69) is 10.9 Å². The predicted molar refractivity (Wildman–Crippen MR) is 43.6 cm³/mol. The van der Waals surface area contributed by atoms with Gasteiger partial charge in [0.25, 0.3) is 0 Å². The molecule has 1 aromatic rings. The molecule has 0 spiro atoms. The molecule has 1 rings (SSSR count). The van der Waals surface area contributed by atoms with Crippen molar-refractivity contribution in [1.29, 1.82) is 0 Å². The summed E-state index contributed by atoms with van der Waals surface area (Å²) in [5.41, 5.74) is 0. The Morgan fingerprint density at radius 1 is 1.64 bits per heavy atom. The fourth-order valence-corrected chi connectivity index (χ4v) is 0.760. The fourth-order valence-electron chi connectivity index (χ4n) is 0.596. The molecule has 0 unspecified atom stereocenters. The normalized spacial score (nSPS) is 8.73. The SMILES string of the molecule is C#CCOc1cncc(Cl)c1. The Balaban J connectivity index is 2.65. The van der Waals surface area contributed by atoms with Crippen LogP contribution in [0.5, 0.6) is 5.75 Å². The molecule has 1 aromatic heterocycles. The molecule has 1 heterocycles. The van der Waals surface area contributed by atoms with Gasteiger partial charge < -0.3 is 4.74 Å². The van der Waals surface area contributed by atoms with Crippen LogP contribution in [0.2, 0.25) is 5.02 Å². The number of hydrogen-bond donors (Lipinski definition) is 0. The second kappa shape index (κ2) is 3.85. The first-order chi connectivity index (χ1) is 5.33. The summed E-state index contributed by atoms with van der Waals surface area (Å²) in [7, 11) is 0. The summed E-state index contributed by atoms with van der Waals surface area (Å²) < 4.78 is 5.05. The number of pyridine rings is 1. The van der Waals surface area contributed by atoms with E-state index in [0.717, 1.165) is 0 Å². The maximum atomic E-state index is 5.63. The highest BCUT2D eigenvalue weighted by molar-refractivity contribution is 6.30. The Labute approximate surface area is 70.2 Å². The van der Waals surface area contributed by atoms with Crippen LogP contribution in [0.1, 0.15) is 0 Å². The van der Waals surface area contributed by atoms with Gasteiger partial charge in [-0.2, -0.15) is 0 Å². The Morgan fingerprint density at radius 3 is 3.09 bits per heavy atom. The minimum Gasteiger partial charge on any atom is -0.479 e. The number of terminal acetylenes is 1. The topological polar surface area (TPSA) is 22.1 Å². The van der Waals surface area contributed by atoms with Crippen molar-refractivity contribution in [1.82, 2.24) is 4.98 Å². The molecule has 56 valence electrons. The Kier molecular flexibility index (Phi) is 2.76. The van der Waals surface area contributed by atoms with Crippen molar-refractivity contribution in [2.24, 2.45) is 0 Å². The highest BCUT2D eigenvalue weighted by atomic mass is 35.5. The molecule has 11 heavy (non-hydrogen) atoms. The lowest BCUT2D eigenvalue weighted by Gasteiger charge is -1.99. The van der Waals surface area contributed by atoms with Gasteiger partial charge in [0.15, 0.2) is 0 Å². The number of hydrogen-bond acceptors (Lipinski definition) is 2. The van der Waals surface area contributed by atoms with Crippen LogP contribution in [-0.2, 0) is 0 Å². The van der Waals surface area contributed by atoms with E-state index in [1.807, 2.05) is 0 Å². The summed E-state index contributed by atoms with van der Waals surface area (Å²) in [6, 6.07) is 1.66. The van der Waals surface area contributed by atoms with Gasteiger partial charge in [0, 0.05) is 12.3 Å². The molecule has 0 radical (unpaired) electrons. The van der Waals surface area contributed by atoms with E-state index in [0.29, 0.717) is 10.8 Å². The summed E-state index contributed by atoms with van der Waals surface area (Å²) in [6.07, 6.45) is 8.08. The van der Waals surface area contributed by atoms with Crippen LogP contribution in [0.4, 0.5) is 0 Å². The first kappa shape index (κ1) is 7.90. The Bertz CT molecular complexity index is 280. The summed E-state index contributed by atoms with van der Waals surface area (Å²) in [6.45, 7) is 0.238. The van der Waals surface area contributed by atoms with Gasteiger partial charge in [-0.05, 0) is 0 Å². The average Bonchev–Trinajstić information content (AvgIpc) is 2.01. The third kappa shape index (κ3) is 2.48. The van der Waals surface area contributed by atoms with Crippen molar-refractivity contribution in [2.45, 2.75) is 0 Å². The Hall–Kier alpha value is -1.20. The van der Waals surface area contributed by atoms with Gasteiger partial charge in [0.2, 0.25) is 0 Å². The maximum Gasteiger partial charge on any atom is 0.148 e. The first-order valence-electron chi connectivity index (χ1n) is 3.00. The van der Waals surface area contributed by atoms with Crippen molar-refractivity contribution in [3.05, 3.63) is 23.5 Å². The highest BCUT2D eigenvalue weighted by Gasteiger charge is 1.92. The van der Waals surface area contributed by atoms with E-state index in [1.165, 1.54) is 6.20 Å². The summed E-state index contributed by atoms with van der Waals surface area (Å²) in [5, 5.41) is 0.541. The monoisotopic (exact) mass is 167 g/mol. The van der Waals surface area contributed by atoms with Gasteiger partial charge in [0.05, 0.1) is 11.2 Å². The molecule has 2 nitrogen and oxygen atoms in total. The molecule has 0 aromatic carbocycles. The largest absolute Gasteiger partial charge is 0.479 e. The lowest BCUT2D eigenvalue weighted by atomic mass is 10.5. The van der Waals surface area contributed by atoms with Crippen molar-refractivity contribution in [3.63, 3.8) is 0 Å². The van der Waals surface area contributed by atoms with Crippen LogP contribution in [-0.4, -0.2) is 11.6 Å². The van der Waals surface area contributed by atoms with Gasteiger partial charge in [-0.1, -0.05) is 17.5 Å². The molecule has 0 aliphatic carbocycles. The molecular weight excluding hydrogens is 162 g/mol. The van der Waals surface area contributed by atoms with Crippen LogP contribution >= 0.6 is 11.6 Å². The quantitative estimate of drug-likeness (QED) is 0.626. The van der Waals surface area contributed by atoms with Gasteiger partial charge in [0.1, 0.15) is 12.4 Å². The number of ether oxygens (including phenoxy) is 1. The predicted octanol–water partition coefficient (Wildman–Crippen LogP) is 1.75. The van der Waals surface area contributed by atoms with Crippen molar-refractivity contribution < 1.29 is 4.74 Å². The second-order valence-electron chi connectivity index (χ2n) is 1.83. The maximum absolute atomic E-state index is 5.63. The van der Waals surface area contributed by atoms with Crippen LogP contribution in [0, 0.1) is 12.3 Å². The lowest BCUT2D eigenvalue weighted by Crippen LogP contribution is -1.93. The van der Waals surface area contributed by atoms with E-state index >= 15 is 0 Å². The minimum atomic E-state index is 0.238. The molecule has 0 saturated heterocycles. The first-order valence-corrected chi connectivity index (χ1v) is 3.37. The minimum absolute atomic E-state index is 0.238. The molecule has 0 amide bonds.